The van der Waals surface area contributed by atoms with E-state index in [-0.39, 0.29) is 18.9 Å². The van der Waals surface area contributed by atoms with Gasteiger partial charge in [0, 0.05) is 0 Å². The highest BCUT2D eigenvalue weighted by molar-refractivity contribution is 5.85. The molecule has 0 bridgehead atoms. The van der Waals surface area contributed by atoms with Gasteiger partial charge in [0.15, 0.2) is 0 Å². The average molecular weight is 431 g/mol. The molecule has 0 aromatic heterocycles. The largest absolute Gasteiger partial charge is 0.445 e. The van der Waals surface area contributed by atoms with Gasteiger partial charge < -0.3 is 20.5 Å². The highest BCUT2D eigenvalue weighted by Gasteiger charge is 2.28. The zero-order chi connectivity index (χ0) is 22.6. The first kappa shape index (κ1) is 24.3. The quantitative estimate of drug-likeness (QED) is 0.510. The molecule has 3 N–H and O–H groups in total. The van der Waals surface area contributed by atoms with Crippen LogP contribution < -0.4 is 10.6 Å². The number of carbonyl (C=O) groups is 2. The summed E-state index contributed by atoms with van der Waals surface area (Å²) in [6.07, 6.45) is -1.43. The Hall–Kier alpha value is -2.93. The van der Waals surface area contributed by atoms with Crippen molar-refractivity contribution in [1.29, 1.82) is 0 Å². The van der Waals surface area contributed by atoms with Crippen LogP contribution in [0.1, 0.15) is 31.4 Å². The number of benzene rings is 2. The summed E-state index contributed by atoms with van der Waals surface area (Å²) >= 11 is 0. The zero-order valence-corrected chi connectivity index (χ0v) is 18.0. The monoisotopic (exact) mass is 430 g/mol. The number of hydrogen-bond donors (Lipinski definition) is 3. The molecule has 0 saturated carbocycles. The SMILES string of the molecule is CC(C)C[C@H](NC(=O)OCc1ccccc1)C(=O)NC(Cc1ccccc1)C(O)CF. The van der Waals surface area contributed by atoms with Gasteiger partial charge >= 0.3 is 6.09 Å². The summed E-state index contributed by atoms with van der Waals surface area (Å²) in [6, 6.07) is 16.7. The number of hydrogen-bond acceptors (Lipinski definition) is 4. The van der Waals surface area contributed by atoms with Gasteiger partial charge in [-0.05, 0) is 29.9 Å². The lowest BCUT2D eigenvalue weighted by molar-refractivity contribution is -0.125. The van der Waals surface area contributed by atoms with E-state index in [0.717, 1.165) is 11.1 Å². The molecule has 2 amide bonds. The smallest absolute Gasteiger partial charge is 0.408 e. The summed E-state index contributed by atoms with van der Waals surface area (Å²) in [5.41, 5.74) is 1.69. The van der Waals surface area contributed by atoms with Crippen molar-refractivity contribution in [3.63, 3.8) is 0 Å². The number of alkyl carbamates (subject to hydrolysis) is 1. The minimum atomic E-state index is -1.35. The van der Waals surface area contributed by atoms with Gasteiger partial charge in [0.1, 0.15) is 25.4 Å². The molecule has 0 aliphatic carbocycles. The van der Waals surface area contributed by atoms with E-state index in [9.17, 15) is 19.1 Å². The van der Waals surface area contributed by atoms with Crippen molar-refractivity contribution in [3.05, 3.63) is 71.8 Å². The van der Waals surface area contributed by atoms with E-state index in [1.807, 2.05) is 74.5 Å². The van der Waals surface area contributed by atoms with E-state index < -0.39 is 36.9 Å². The van der Waals surface area contributed by atoms with Crippen molar-refractivity contribution in [2.75, 3.05) is 6.67 Å². The zero-order valence-electron chi connectivity index (χ0n) is 18.0. The van der Waals surface area contributed by atoms with Gasteiger partial charge in [-0.3, -0.25) is 4.79 Å². The summed E-state index contributed by atoms with van der Waals surface area (Å²) < 4.78 is 18.4. The van der Waals surface area contributed by atoms with Crippen LogP contribution in [0.3, 0.4) is 0 Å². The molecule has 0 aliphatic heterocycles. The minimum absolute atomic E-state index is 0.0832. The molecule has 0 fully saturated rings. The van der Waals surface area contributed by atoms with Crippen LogP contribution in [0.25, 0.3) is 0 Å². The predicted octanol–water partition coefficient (Wildman–Crippen LogP) is 3.39. The Bertz CT molecular complexity index is 802. The summed E-state index contributed by atoms with van der Waals surface area (Å²) in [7, 11) is 0. The van der Waals surface area contributed by atoms with Crippen LogP contribution in [-0.2, 0) is 22.6 Å². The molecule has 168 valence electrons. The number of carbonyl (C=O) groups excluding carboxylic acids is 2. The van der Waals surface area contributed by atoms with Gasteiger partial charge in [-0.25, -0.2) is 9.18 Å². The Kier molecular flexibility index (Phi) is 9.97. The molecule has 2 rings (SSSR count). The summed E-state index contributed by atoms with van der Waals surface area (Å²) in [5, 5.41) is 15.4. The maximum atomic E-state index is 13.2. The molecular weight excluding hydrogens is 399 g/mol. The minimum Gasteiger partial charge on any atom is -0.445 e. The maximum absolute atomic E-state index is 13.2. The molecular formula is C24H31FN2O4. The van der Waals surface area contributed by atoms with E-state index >= 15 is 0 Å². The maximum Gasteiger partial charge on any atom is 0.408 e. The van der Waals surface area contributed by atoms with Gasteiger partial charge in [-0.1, -0.05) is 74.5 Å². The summed E-state index contributed by atoms with van der Waals surface area (Å²) in [6.45, 7) is 2.95. The van der Waals surface area contributed by atoms with Crippen LogP contribution in [-0.4, -0.2) is 42.0 Å². The fraction of sp³-hybridized carbons (Fsp3) is 0.417. The van der Waals surface area contributed by atoms with E-state index in [1.54, 1.807) is 0 Å². The van der Waals surface area contributed by atoms with Crippen molar-refractivity contribution in [2.24, 2.45) is 5.92 Å². The molecule has 3 atom stereocenters. The fourth-order valence-electron chi connectivity index (χ4n) is 3.15. The normalized spacial score (nSPS) is 13.8. The van der Waals surface area contributed by atoms with Gasteiger partial charge in [0.05, 0.1) is 6.04 Å². The highest BCUT2D eigenvalue weighted by Crippen LogP contribution is 2.10. The molecule has 0 spiro atoms. The van der Waals surface area contributed by atoms with Crippen molar-refractivity contribution >= 4 is 12.0 Å². The second kappa shape index (κ2) is 12.7. The molecule has 0 radical (unpaired) electrons. The topological polar surface area (TPSA) is 87.7 Å². The van der Waals surface area contributed by atoms with Gasteiger partial charge in [0.2, 0.25) is 5.91 Å². The van der Waals surface area contributed by atoms with E-state index in [0.29, 0.717) is 6.42 Å². The molecule has 31 heavy (non-hydrogen) atoms. The van der Waals surface area contributed by atoms with E-state index in [1.165, 1.54) is 0 Å². The van der Waals surface area contributed by atoms with Crippen LogP contribution >= 0.6 is 0 Å². The number of ether oxygens (including phenoxy) is 1. The number of aliphatic hydroxyl groups excluding tert-OH is 1. The number of halogens is 1. The lowest BCUT2D eigenvalue weighted by Crippen LogP contribution is -2.54. The molecule has 2 aromatic carbocycles. The number of alkyl halides is 1. The van der Waals surface area contributed by atoms with Crippen LogP contribution in [0.5, 0.6) is 0 Å². The lowest BCUT2D eigenvalue weighted by atomic mass is 9.99. The van der Waals surface area contributed by atoms with Crippen molar-refractivity contribution in [3.8, 4) is 0 Å². The van der Waals surface area contributed by atoms with Crippen molar-refractivity contribution < 1.29 is 23.8 Å². The first-order chi connectivity index (χ1) is 14.9. The van der Waals surface area contributed by atoms with Crippen LogP contribution in [0.2, 0.25) is 0 Å². The van der Waals surface area contributed by atoms with E-state index in [2.05, 4.69) is 10.6 Å². The van der Waals surface area contributed by atoms with E-state index in [4.69, 9.17) is 4.74 Å². The molecule has 7 heteroatoms. The Morgan fingerprint density at radius 2 is 1.55 bits per heavy atom. The first-order valence-electron chi connectivity index (χ1n) is 10.4. The van der Waals surface area contributed by atoms with Gasteiger partial charge in [-0.15, -0.1) is 0 Å². The molecule has 2 unspecified atom stereocenters. The fourth-order valence-corrected chi connectivity index (χ4v) is 3.15. The second-order valence-electron chi connectivity index (χ2n) is 7.91. The van der Waals surface area contributed by atoms with Crippen LogP contribution in [0.4, 0.5) is 9.18 Å². The first-order valence-corrected chi connectivity index (χ1v) is 10.4. The Morgan fingerprint density at radius 3 is 2.10 bits per heavy atom. The van der Waals surface area contributed by atoms with Crippen molar-refractivity contribution in [2.45, 2.75) is 51.5 Å². The molecule has 6 nitrogen and oxygen atoms in total. The third-order valence-corrected chi connectivity index (χ3v) is 4.78. The van der Waals surface area contributed by atoms with Crippen LogP contribution in [0, 0.1) is 5.92 Å². The lowest BCUT2D eigenvalue weighted by Gasteiger charge is -2.26. The Balaban J connectivity index is 2.01. The molecule has 0 aliphatic rings. The third-order valence-electron chi connectivity index (χ3n) is 4.78. The third kappa shape index (κ3) is 8.76. The number of rotatable bonds is 11. The molecule has 0 saturated heterocycles. The number of aliphatic hydroxyl groups is 1. The number of amides is 2. The Morgan fingerprint density at radius 1 is 0.968 bits per heavy atom. The van der Waals surface area contributed by atoms with Crippen LogP contribution in [0.15, 0.2) is 60.7 Å². The highest BCUT2D eigenvalue weighted by atomic mass is 19.1. The van der Waals surface area contributed by atoms with Crippen molar-refractivity contribution in [1.82, 2.24) is 10.6 Å². The van der Waals surface area contributed by atoms with Gasteiger partial charge in [-0.2, -0.15) is 0 Å². The van der Waals surface area contributed by atoms with Gasteiger partial charge in [0.25, 0.3) is 0 Å². The number of nitrogens with one attached hydrogen (secondary N) is 2. The molecule has 2 aromatic rings. The second-order valence-corrected chi connectivity index (χ2v) is 7.91. The molecule has 0 heterocycles. The predicted molar refractivity (Wildman–Crippen MR) is 117 cm³/mol. The Labute approximate surface area is 182 Å². The average Bonchev–Trinajstić information content (AvgIpc) is 2.77. The summed E-state index contributed by atoms with van der Waals surface area (Å²) in [5.74, 6) is -0.373. The summed E-state index contributed by atoms with van der Waals surface area (Å²) in [4.78, 5) is 25.2. The standard InChI is InChI=1S/C24H31FN2O4/c1-17(2)13-21(27-24(30)31-16-19-11-7-4-8-12-19)23(29)26-20(22(28)15-25)14-18-9-5-3-6-10-18/h3-12,17,20-22,28H,13-16H2,1-2H3,(H,26,29)(H,27,30)/t20?,21-,22?/m0/s1.